The summed E-state index contributed by atoms with van der Waals surface area (Å²) in [5, 5.41) is 21.5. The molecule has 0 saturated heterocycles. The fraction of sp³-hybridized carbons (Fsp3) is 0. The van der Waals surface area contributed by atoms with Gasteiger partial charge in [0.15, 0.2) is 11.5 Å². The van der Waals surface area contributed by atoms with Gasteiger partial charge in [0.2, 0.25) is 0 Å². The second-order valence-electron chi connectivity index (χ2n) is 6.47. The van der Waals surface area contributed by atoms with Crippen molar-refractivity contribution >= 4 is 34.0 Å². The first-order chi connectivity index (χ1) is 14.1. The molecule has 0 saturated carbocycles. The van der Waals surface area contributed by atoms with Gasteiger partial charge in [0.05, 0.1) is 4.92 Å². The number of hydrogen-bond donors (Lipinski definition) is 0. The van der Waals surface area contributed by atoms with Gasteiger partial charge >= 0.3 is 0 Å². The Balaban J connectivity index is 1.85. The Morgan fingerprint density at radius 2 is 1.72 bits per heavy atom. The van der Waals surface area contributed by atoms with E-state index in [2.05, 4.69) is 15.2 Å². The molecule has 140 valence electrons. The lowest BCUT2D eigenvalue weighted by atomic mass is 10.1. The van der Waals surface area contributed by atoms with Gasteiger partial charge in [-0.3, -0.25) is 14.5 Å². The zero-order chi connectivity index (χ0) is 20.0. The molecular formula is C21H12ClN5O2. The van der Waals surface area contributed by atoms with Gasteiger partial charge in [0.25, 0.3) is 5.69 Å². The number of hydrogen-bond acceptors (Lipinski definition) is 5. The molecule has 0 aliphatic carbocycles. The average molecular weight is 402 g/mol. The number of aromatic nitrogens is 4. The van der Waals surface area contributed by atoms with Gasteiger partial charge in [-0.15, -0.1) is 10.2 Å². The van der Waals surface area contributed by atoms with Crippen LogP contribution in [0.1, 0.15) is 0 Å². The van der Waals surface area contributed by atoms with Crippen molar-refractivity contribution in [2.75, 3.05) is 0 Å². The number of benzene rings is 2. The van der Waals surface area contributed by atoms with E-state index in [1.807, 2.05) is 46.9 Å². The summed E-state index contributed by atoms with van der Waals surface area (Å²) in [6.45, 7) is 0. The minimum atomic E-state index is -0.428. The molecule has 0 atom stereocenters. The SMILES string of the molecule is O=[N+]([O-])c1cccc(-c2nnc3c(-c4ccc(Cl)cc4)cc4cccnc4n23)c1. The first kappa shape index (κ1) is 17.3. The summed E-state index contributed by atoms with van der Waals surface area (Å²) >= 11 is 6.04. The maximum Gasteiger partial charge on any atom is 0.270 e. The van der Waals surface area contributed by atoms with Crippen molar-refractivity contribution in [1.29, 1.82) is 0 Å². The highest BCUT2D eigenvalue weighted by molar-refractivity contribution is 6.30. The highest BCUT2D eigenvalue weighted by Crippen LogP contribution is 2.32. The number of nitro groups is 1. The molecule has 0 bridgehead atoms. The molecule has 2 aromatic carbocycles. The molecule has 0 spiro atoms. The zero-order valence-corrected chi connectivity index (χ0v) is 15.6. The zero-order valence-electron chi connectivity index (χ0n) is 14.9. The van der Waals surface area contributed by atoms with Gasteiger partial charge in [-0.05, 0) is 35.9 Å². The molecule has 0 amide bonds. The lowest BCUT2D eigenvalue weighted by Gasteiger charge is -2.09. The second-order valence-corrected chi connectivity index (χ2v) is 6.91. The molecule has 3 heterocycles. The van der Waals surface area contributed by atoms with E-state index in [1.54, 1.807) is 18.3 Å². The van der Waals surface area contributed by atoms with Crippen LogP contribution in [0.3, 0.4) is 0 Å². The predicted octanol–water partition coefficient (Wildman–Crippen LogP) is 5.17. The van der Waals surface area contributed by atoms with E-state index in [-0.39, 0.29) is 5.69 Å². The third-order valence-electron chi connectivity index (χ3n) is 4.70. The molecule has 8 heteroatoms. The topological polar surface area (TPSA) is 86.2 Å². The molecule has 5 aromatic rings. The molecule has 0 N–H and O–H groups in total. The van der Waals surface area contributed by atoms with Gasteiger partial charge in [-0.1, -0.05) is 35.9 Å². The van der Waals surface area contributed by atoms with Crippen molar-refractivity contribution in [2.45, 2.75) is 0 Å². The Hall–Kier alpha value is -3.84. The highest BCUT2D eigenvalue weighted by Gasteiger charge is 2.18. The maximum atomic E-state index is 11.2. The Bertz CT molecular complexity index is 1400. The number of non-ortho nitro benzene ring substituents is 1. The number of nitrogens with zero attached hydrogens (tertiary/aromatic N) is 5. The van der Waals surface area contributed by atoms with Crippen LogP contribution < -0.4 is 0 Å². The number of halogens is 1. The van der Waals surface area contributed by atoms with E-state index >= 15 is 0 Å². The first-order valence-electron chi connectivity index (χ1n) is 8.75. The summed E-state index contributed by atoms with van der Waals surface area (Å²) in [4.78, 5) is 15.3. The van der Waals surface area contributed by atoms with Gasteiger partial charge in [0.1, 0.15) is 5.65 Å². The van der Waals surface area contributed by atoms with E-state index in [1.165, 1.54) is 12.1 Å². The minimum absolute atomic E-state index is 0.00892. The molecule has 0 aliphatic rings. The molecule has 3 aromatic heterocycles. The maximum absolute atomic E-state index is 11.2. The molecule has 0 radical (unpaired) electrons. The van der Waals surface area contributed by atoms with Crippen LogP contribution >= 0.6 is 11.6 Å². The van der Waals surface area contributed by atoms with Gasteiger partial charge in [-0.2, -0.15) is 0 Å². The summed E-state index contributed by atoms with van der Waals surface area (Å²) in [7, 11) is 0. The Kier molecular flexibility index (Phi) is 3.96. The number of pyridine rings is 2. The van der Waals surface area contributed by atoms with E-state index in [0.29, 0.717) is 27.7 Å². The molecular weight excluding hydrogens is 390 g/mol. The predicted molar refractivity (Wildman–Crippen MR) is 111 cm³/mol. The van der Waals surface area contributed by atoms with Gasteiger partial charge < -0.3 is 0 Å². The quantitative estimate of drug-likeness (QED) is 0.307. The Labute approximate surface area is 169 Å². The molecule has 0 fully saturated rings. The fourth-order valence-corrected chi connectivity index (χ4v) is 3.50. The van der Waals surface area contributed by atoms with Crippen molar-refractivity contribution in [3.8, 4) is 22.5 Å². The lowest BCUT2D eigenvalue weighted by Crippen LogP contribution is -1.97. The number of rotatable bonds is 3. The minimum Gasteiger partial charge on any atom is -0.258 e. The van der Waals surface area contributed by atoms with Crippen molar-refractivity contribution < 1.29 is 4.92 Å². The van der Waals surface area contributed by atoms with Crippen molar-refractivity contribution in [2.24, 2.45) is 0 Å². The largest absolute Gasteiger partial charge is 0.270 e. The van der Waals surface area contributed by atoms with Crippen molar-refractivity contribution in [3.63, 3.8) is 0 Å². The van der Waals surface area contributed by atoms with Crippen molar-refractivity contribution in [1.82, 2.24) is 19.6 Å². The summed E-state index contributed by atoms with van der Waals surface area (Å²) in [6.07, 6.45) is 1.70. The number of fused-ring (bicyclic) bond motifs is 3. The summed E-state index contributed by atoms with van der Waals surface area (Å²) in [5.74, 6) is 0.489. The summed E-state index contributed by atoms with van der Waals surface area (Å²) < 4.78 is 1.83. The fourth-order valence-electron chi connectivity index (χ4n) is 3.38. The average Bonchev–Trinajstić information content (AvgIpc) is 3.19. The van der Waals surface area contributed by atoms with Crippen LogP contribution in [0, 0.1) is 10.1 Å². The highest BCUT2D eigenvalue weighted by atomic mass is 35.5. The van der Waals surface area contributed by atoms with Crippen LogP contribution in [0.4, 0.5) is 5.69 Å². The van der Waals surface area contributed by atoms with E-state index in [9.17, 15) is 10.1 Å². The molecule has 0 unspecified atom stereocenters. The number of nitro benzene ring substituents is 1. The standard InChI is InChI=1S/C21H12ClN5O2/c22-16-8-6-13(7-9-16)18-12-15-4-2-10-23-19(15)26-20(24-25-21(18)26)14-3-1-5-17(11-14)27(28)29/h1-12H. The monoisotopic (exact) mass is 401 g/mol. The second kappa shape index (κ2) is 6.65. The van der Waals surface area contributed by atoms with Crippen LogP contribution in [-0.2, 0) is 0 Å². The van der Waals surface area contributed by atoms with Crippen LogP contribution in [0.15, 0.2) is 72.9 Å². The van der Waals surface area contributed by atoms with Crippen LogP contribution in [0.5, 0.6) is 0 Å². The summed E-state index contributed by atoms with van der Waals surface area (Å²) in [6, 6.07) is 19.6. The third kappa shape index (κ3) is 2.88. The van der Waals surface area contributed by atoms with Crippen LogP contribution in [0.25, 0.3) is 39.2 Å². The van der Waals surface area contributed by atoms with E-state index < -0.39 is 4.92 Å². The molecule has 29 heavy (non-hydrogen) atoms. The smallest absolute Gasteiger partial charge is 0.258 e. The molecule has 0 aliphatic heterocycles. The third-order valence-corrected chi connectivity index (χ3v) is 4.95. The van der Waals surface area contributed by atoms with Crippen LogP contribution in [0.2, 0.25) is 5.02 Å². The van der Waals surface area contributed by atoms with Gasteiger partial charge in [-0.25, -0.2) is 4.98 Å². The Morgan fingerprint density at radius 3 is 2.52 bits per heavy atom. The van der Waals surface area contributed by atoms with Gasteiger partial charge in [0, 0.05) is 39.9 Å². The lowest BCUT2D eigenvalue weighted by molar-refractivity contribution is -0.384. The molecule has 7 nitrogen and oxygen atoms in total. The molecule has 5 rings (SSSR count). The van der Waals surface area contributed by atoms with E-state index in [4.69, 9.17) is 11.6 Å². The normalized spacial score (nSPS) is 11.2. The summed E-state index contributed by atoms with van der Waals surface area (Å²) in [5.41, 5.74) is 3.67. The first-order valence-corrected chi connectivity index (χ1v) is 9.13. The van der Waals surface area contributed by atoms with E-state index in [0.717, 1.165) is 16.5 Å². The van der Waals surface area contributed by atoms with Crippen molar-refractivity contribution in [3.05, 3.63) is 88.1 Å². The Morgan fingerprint density at radius 1 is 0.897 bits per heavy atom. The van der Waals surface area contributed by atoms with Crippen LogP contribution in [-0.4, -0.2) is 24.5 Å².